The number of hydrogen-bond acceptors (Lipinski definition) is 4. The average molecular weight is 479 g/mol. The number of carbonyl (C=O) groups excluding carboxylic acids is 2. The van der Waals surface area contributed by atoms with Gasteiger partial charge in [0.1, 0.15) is 0 Å². The van der Waals surface area contributed by atoms with Crippen LogP contribution in [0.15, 0.2) is 55.0 Å². The lowest BCUT2D eigenvalue weighted by Crippen LogP contribution is -2.33. The minimum absolute atomic E-state index is 0.135. The van der Waals surface area contributed by atoms with Crippen LogP contribution in [-0.2, 0) is 11.3 Å². The van der Waals surface area contributed by atoms with Crippen LogP contribution in [0.3, 0.4) is 0 Å². The van der Waals surface area contributed by atoms with Crippen LogP contribution in [0.25, 0.3) is 11.3 Å². The van der Waals surface area contributed by atoms with E-state index in [4.69, 9.17) is 23.2 Å². The summed E-state index contributed by atoms with van der Waals surface area (Å²) in [7, 11) is 0. The van der Waals surface area contributed by atoms with E-state index in [0.717, 1.165) is 4.90 Å². The molecule has 0 radical (unpaired) electrons. The van der Waals surface area contributed by atoms with Gasteiger partial charge in [-0.1, -0.05) is 29.3 Å². The third-order valence-electron chi connectivity index (χ3n) is 4.54. The largest absolute Gasteiger partial charge is 0.348 e. The van der Waals surface area contributed by atoms with Crippen LogP contribution in [0.2, 0.25) is 10.0 Å². The van der Waals surface area contributed by atoms with Gasteiger partial charge in [0.15, 0.2) is 0 Å². The van der Waals surface area contributed by atoms with Crippen LogP contribution in [0.4, 0.5) is 14.5 Å². The van der Waals surface area contributed by atoms with Gasteiger partial charge in [0.05, 0.1) is 28.5 Å². The highest BCUT2D eigenvalue weighted by atomic mass is 35.5. The highest BCUT2D eigenvalue weighted by Gasteiger charge is 2.20. The molecule has 0 fully saturated rings. The molecule has 10 heteroatoms. The van der Waals surface area contributed by atoms with E-state index in [1.54, 1.807) is 36.7 Å². The molecule has 1 N–H and O–H groups in total. The lowest BCUT2D eigenvalue weighted by Gasteiger charge is -2.22. The van der Waals surface area contributed by atoms with Gasteiger partial charge in [0, 0.05) is 48.2 Å². The molecule has 0 aliphatic carbocycles. The van der Waals surface area contributed by atoms with Gasteiger partial charge in [-0.2, -0.15) is 0 Å². The SMILES string of the molecule is CC(=O)N(CC(F)F)c1ccc(-c2ccc(C(=O)NCc3cnccc3Cl)cn2)cc1Cl. The maximum absolute atomic E-state index is 12.8. The van der Waals surface area contributed by atoms with E-state index in [9.17, 15) is 18.4 Å². The minimum Gasteiger partial charge on any atom is -0.348 e. The summed E-state index contributed by atoms with van der Waals surface area (Å²) < 4.78 is 25.6. The van der Waals surface area contributed by atoms with Crippen molar-refractivity contribution in [2.45, 2.75) is 19.9 Å². The number of rotatable bonds is 7. The molecule has 0 saturated heterocycles. The predicted octanol–water partition coefficient (Wildman–Crippen LogP) is 5.00. The summed E-state index contributed by atoms with van der Waals surface area (Å²) >= 11 is 12.3. The number of carbonyl (C=O) groups is 2. The molecule has 0 saturated carbocycles. The molecular weight excluding hydrogens is 461 g/mol. The molecule has 2 heterocycles. The van der Waals surface area contributed by atoms with E-state index in [0.29, 0.717) is 27.4 Å². The number of nitrogens with one attached hydrogen (secondary N) is 1. The van der Waals surface area contributed by atoms with E-state index < -0.39 is 18.9 Å². The van der Waals surface area contributed by atoms with Crippen molar-refractivity contribution in [1.29, 1.82) is 0 Å². The van der Waals surface area contributed by atoms with Crippen molar-refractivity contribution in [2.75, 3.05) is 11.4 Å². The molecule has 2 aromatic heterocycles. The molecule has 166 valence electrons. The van der Waals surface area contributed by atoms with Gasteiger partial charge >= 0.3 is 0 Å². The molecule has 2 amide bonds. The Morgan fingerprint density at radius 1 is 1.09 bits per heavy atom. The zero-order valence-corrected chi connectivity index (χ0v) is 18.4. The van der Waals surface area contributed by atoms with E-state index in [-0.39, 0.29) is 23.2 Å². The Morgan fingerprint density at radius 2 is 1.88 bits per heavy atom. The Bertz CT molecular complexity index is 1130. The maximum atomic E-state index is 12.8. The normalized spacial score (nSPS) is 10.8. The third kappa shape index (κ3) is 5.77. The van der Waals surface area contributed by atoms with E-state index in [1.165, 1.54) is 25.3 Å². The number of hydrogen-bond donors (Lipinski definition) is 1. The quantitative estimate of drug-likeness (QED) is 0.518. The number of nitrogens with zero attached hydrogens (tertiary/aromatic N) is 3. The second-order valence-electron chi connectivity index (χ2n) is 6.77. The van der Waals surface area contributed by atoms with Crippen molar-refractivity contribution in [3.8, 4) is 11.3 Å². The summed E-state index contributed by atoms with van der Waals surface area (Å²) in [6, 6.07) is 9.52. The fourth-order valence-corrected chi connectivity index (χ4v) is 3.39. The van der Waals surface area contributed by atoms with Gasteiger partial charge in [0.2, 0.25) is 5.91 Å². The number of aromatic nitrogens is 2. The molecule has 3 aromatic rings. The fraction of sp³-hybridized carbons (Fsp3) is 0.182. The van der Waals surface area contributed by atoms with Crippen LogP contribution < -0.4 is 10.2 Å². The van der Waals surface area contributed by atoms with Gasteiger partial charge in [-0.3, -0.25) is 19.6 Å². The first-order valence-corrected chi connectivity index (χ1v) is 10.2. The summed E-state index contributed by atoms with van der Waals surface area (Å²) in [6.45, 7) is 0.663. The smallest absolute Gasteiger partial charge is 0.256 e. The van der Waals surface area contributed by atoms with Crippen molar-refractivity contribution in [2.24, 2.45) is 0 Å². The monoisotopic (exact) mass is 478 g/mol. The molecular formula is C22H18Cl2F2N4O2. The topological polar surface area (TPSA) is 75.2 Å². The van der Waals surface area contributed by atoms with Crippen LogP contribution in [-0.4, -0.2) is 34.8 Å². The predicted molar refractivity (Wildman–Crippen MR) is 119 cm³/mol. The minimum atomic E-state index is -2.69. The van der Waals surface area contributed by atoms with Gasteiger partial charge < -0.3 is 10.2 Å². The molecule has 0 aliphatic rings. The van der Waals surface area contributed by atoms with Gasteiger partial charge in [-0.15, -0.1) is 0 Å². The van der Waals surface area contributed by atoms with Crippen LogP contribution in [0, 0.1) is 0 Å². The molecule has 0 aliphatic heterocycles. The molecule has 0 spiro atoms. The second kappa shape index (κ2) is 10.5. The summed E-state index contributed by atoms with van der Waals surface area (Å²) in [5.74, 6) is -0.873. The number of halogens is 4. The van der Waals surface area contributed by atoms with Crippen molar-refractivity contribution >= 4 is 40.7 Å². The first-order valence-electron chi connectivity index (χ1n) is 9.45. The van der Waals surface area contributed by atoms with Crippen LogP contribution in [0.1, 0.15) is 22.8 Å². The summed E-state index contributed by atoms with van der Waals surface area (Å²) in [5, 5.41) is 3.39. The van der Waals surface area contributed by atoms with Crippen LogP contribution in [0.5, 0.6) is 0 Å². The number of alkyl halides is 2. The Balaban J connectivity index is 1.72. The van der Waals surface area contributed by atoms with E-state index in [1.807, 2.05) is 0 Å². The molecule has 0 atom stereocenters. The molecule has 1 aromatic carbocycles. The highest BCUT2D eigenvalue weighted by molar-refractivity contribution is 6.34. The molecule has 3 rings (SSSR count). The molecule has 6 nitrogen and oxygen atoms in total. The Kier molecular flexibility index (Phi) is 7.71. The van der Waals surface area contributed by atoms with Crippen molar-refractivity contribution in [1.82, 2.24) is 15.3 Å². The van der Waals surface area contributed by atoms with Gasteiger partial charge in [0.25, 0.3) is 12.3 Å². The zero-order chi connectivity index (χ0) is 23.3. The van der Waals surface area contributed by atoms with Gasteiger partial charge in [-0.25, -0.2) is 8.78 Å². The van der Waals surface area contributed by atoms with E-state index >= 15 is 0 Å². The summed E-state index contributed by atoms with van der Waals surface area (Å²) in [4.78, 5) is 33.3. The zero-order valence-electron chi connectivity index (χ0n) is 16.9. The highest BCUT2D eigenvalue weighted by Crippen LogP contribution is 2.31. The number of benzene rings is 1. The lowest BCUT2D eigenvalue weighted by atomic mass is 10.1. The lowest BCUT2D eigenvalue weighted by molar-refractivity contribution is -0.117. The van der Waals surface area contributed by atoms with E-state index in [2.05, 4.69) is 15.3 Å². The molecule has 0 bridgehead atoms. The Morgan fingerprint density at radius 3 is 2.47 bits per heavy atom. The molecule has 32 heavy (non-hydrogen) atoms. The van der Waals surface area contributed by atoms with Gasteiger partial charge in [-0.05, 0) is 30.3 Å². The third-order valence-corrected chi connectivity index (χ3v) is 5.22. The number of anilines is 1. The first-order chi connectivity index (χ1) is 15.3. The van der Waals surface area contributed by atoms with Crippen molar-refractivity contribution in [3.63, 3.8) is 0 Å². The Hall–Kier alpha value is -3.10. The summed E-state index contributed by atoms with van der Waals surface area (Å²) in [5.41, 5.74) is 2.35. The number of amides is 2. The summed E-state index contributed by atoms with van der Waals surface area (Å²) in [6.07, 6.45) is 1.86. The average Bonchev–Trinajstić information content (AvgIpc) is 2.77. The van der Waals surface area contributed by atoms with Crippen LogP contribution >= 0.6 is 23.2 Å². The first kappa shape index (κ1) is 23.6. The fourth-order valence-electron chi connectivity index (χ4n) is 2.94. The maximum Gasteiger partial charge on any atom is 0.256 e. The van der Waals surface area contributed by atoms with Crippen molar-refractivity contribution < 1.29 is 18.4 Å². The molecule has 0 unspecified atom stereocenters. The standard InChI is InChI=1S/C22H18Cl2F2N4O2/c1-13(31)30(12-21(25)26)20-5-3-14(8-18(20)24)19-4-2-15(10-28-19)22(32)29-11-16-9-27-7-6-17(16)23/h2-10,21H,11-12H2,1H3,(H,29,32). The second-order valence-corrected chi connectivity index (χ2v) is 7.58. The Labute approximate surface area is 193 Å². The van der Waals surface area contributed by atoms with Crippen molar-refractivity contribution in [3.05, 3.63) is 76.2 Å². The number of pyridine rings is 2.